The van der Waals surface area contributed by atoms with Gasteiger partial charge in [0, 0.05) is 17.9 Å². The number of carbonyl (C=O) groups excluding carboxylic acids is 2. The van der Waals surface area contributed by atoms with Crippen LogP contribution in [0.1, 0.15) is 19.8 Å². The van der Waals surface area contributed by atoms with E-state index in [2.05, 4.69) is 13.2 Å². The van der Waals surface area contributed by atoms with Gasteiger partial charge >= 0.3 is 11.9 Å². The number of hydrogen-bond acceptors (Lipinski definition) is 8. The number of aliphatic hydroxyl groups excluding tert-OH is 2. The minimum atomic E-state index is -1.84. The van der Waals surface area contributed by atoms with Crippen LogP contribution in [0.25, 0.3) is 0 Å². The van der Waals surface area contributed by atoms with Gasteiger partial charge in [0.25, 0.3) is 0 Å². The highest BCUT2D eigenvalue weighted by atomic mass is 16.6. The summed E-state index contributed by atoms with van der Waals surface area (Å²) in [5.41, 5.74) is -2.01. The Kier molecular flexibility index (Phi) is 4.05. The minimum Gasteiger partial charge on any atom is -0.459 e. The Hall–Kier alpha value is -1.74. The lowest BCUT2D eigenvalue weighted by Crippen LogP contribution is -2.53. The van der Waals surface area contributed by atoms with E-state index in [1.807, 2.05) is 0 Å². The van der Waals surface area contributed by atoms with Crippen LogP contribution in [0.15, 0.2) is 24.3 Å². The topological polar surface area (TPSA) is 126 Å². The van der Waals surface area contributed by atoms with E-state index in [9.17, 15) is 24.9 Å². The molecule has 0 unspecified atom stereocenters. The molecule has 8 atom stereocenters. The Bertz CT molecular complexity index is 725. The van der Waals surface area contributed by atoms with Crippen molar-refractivity contribution >= 4 is 11.9 Å². The van der Waals surface area contributed by atoms with Crippen LogP contribution in [0.3, 0.4) is 0 Å². The van der Waals surface area contributed by atoms with Crippen molar-refractivity contribution in [1.29, 1.82) is 0 Å². The molecule has 0 bridgehead atoms. The van der Waals surface area contributed by atoms with Crippen LogP contribution in [0.4, 0.5) is 0 Å². The van der Waals surface area contributed by atoms with Gasteiger partial charge in [-0.1, -0.05) is 18.7 Å². The highest BCUT2D eigenvalue weighted by Gasteiger charge is 2.64. The summed E-state index contributed by atoms with van der Waals surface area (Å²) in [4.78, 5) is 24.6. The molecule has 2 aliphatic carbocycles. The normalized spacial score (nSPS) is 48.5. The van der Waals surface area contributed by atoms with Crippen LogP contribution in [-0.4, -0.2) is 70.0 Å². The van der Waals surface area contributed by atoms with Crippen LogP contribution in [-0.2, 0) is 23.8 Å². The van der Waals surface area contributed by atoms with Gasteiger partial charge in [-0.3, -0.25) is 0 Å². The lowest BCUT2D eigenvalue weighted by molar-refractivity contribution is -0.167. The number of epoxide rings is 1. The standard InChI is InChI=1S/C19H24O8/c1-8-4-11(26-17(23)18(3)7-25-18)13-9(2)16(22)27-15(13)14-10(8)5-12(21)19(14,24)6-20/h10-15,20-21,24H,1-2,4-7H2,3H3/t10-,11-,12-,13+,14-,15-,18+,19+/m0/s1. The number of fused-ring (bicyclic) bond motifs is 3. The van der Waals surface area contributed by atoms with Gasteiger partial charge in [-0.05, 0) is 19.3 Å². The quantitative estimate of drug-likeness (QED) is 0.258. The second-order valence-corrected chi connectivity index (χ2v) is 8.28. The van der Waals surface area contributed by atoms with E-state index in [4.69, 9.17) is 14.2 Å². The van der Waals surface area contributed by atoms with Gasteiger partial charge in [0.05, 0.1) is 25.2 Å². The highest BCUT2D eigenvalue weighted by molar-refractivity contribution is 5.91. The summed E-state index contributed by atoms with van der Waals surface area (Å²) in [6.07, 6.45) is -2.39. The SMILES string of the molecule is C=C1C(=O)O[C@H]2[C@H]1[C@@H](OC(=O)[C@@]1(C)CO1)CC(=C)[C@@H]1C[C@H](O)[C@](O)(CO)[C@H]21. The van der Waals surface area contributed by atoms with Crippen molar-refractivity contribution in [2.24, 2.45) is 17.8 Å². The lowest BCUT2D eigenvalue weighted by atomic mass is 9.76. The maximum atomic E-state index is 12.4. The Morgan fingerprint density at radius 2 is 2.07 bits per heavy atom. The summed E-state index contributed by atoms with van der Waals surface area (Å²) < 4.78 is 16.3. The number of aliphatic hydroxyl groups is 3. The molecular formula is C19H24O8. The Labute approximate surface area is 156 Å². The van der Waals surface area contributed by atoms with Gasteiger partial charge in [0.15, 0.2) is 5.60 Å². The van der Waals surface area contributed by atoms with Gasteiger partial charge in [-0.15, -0.1) is 0 Å². The van der Waals surface area contributed by atoms with Crippen molar-refractivity contribution in [3.63, 3.8) is 0 Å². The molecule has 3 N–H and O–H groups in total. The van der Waals surface area contributed by atoms with Crippen LogP contribution >= 0.6 is 0 Å². The molecule has 0 amide bonds. The molecule has 0 spiro atoms. The van der Waals surface area contributed by atoms with Crippen molar-refractivity contribution in [2.45, 2.75) is 49.3 Å². The zero-order valence-electron chi connectivity index (χ0n) is 15.1. The molecule has 4 rings (SSSR count). The first-order chi connectivity index (χ1) is 12.6. The number of rotatable bonds is 3. The number of carbonyl (C=O) groups is 2. The molecule has 4 fully saturated rings. The molecule has 0 aromatic heterocycles. The van der Waals surface area contributed by atoms with Gasteiger partial charge in [0.1, 0.15) is 17.8 Å². The van der Waals surface area contributed by atoms with Gasteiger partial charge in [0.2, 0.25) is 0 Å². The minimum absolute atomic E-state index is 0.148. The third kappa shape index (κ3) is 2.58. The molecule has 2 saturated heterocycles. The number of ether oxygens (including phenoxy) is 3. The molecule has 2 heterocycles. The van der Waals surface area contributed by atoms with Crippen LogP contribution in [0.2, 0.25) is 0 Å². The third-order valence-electron chi connectivity index (χ3n) is 6.59. The monoisotopic (exact) mass is 380 g/mol. The predicted molar refractivity (Wildman–Crippen MR) is 90.1 cm³/mol. The lowest BCUT2D eigenvalue weighted by Gasteiger charge is -2.37. The molecule has 0 aromatic carbocycles. The van der Waals surface area contributed by atoms with Crippen LogP contribution < -0.4 is 0 Å². The van der Waals surface area contributed by atoms with E-state index < -0.39 is 59.9 Å². The largest absolute Gasteiger partial charge is 0.459 e. The smallest absolute Gasteiger partial charge is 0.340 e. The molecule has 0 aromatic rings. The molecule has 0 radical (unpaired) electrons. The zero-order chi connectivity index (χ0) is 19.7. The average Bonchev–Trinajstić information content (AvgIpc) is 3.25. The first-order valence-electron chi connectivity index (χ1n) is 9.06. The Morgan fingerprint density at radius 3 is 2.67 bits per heavy atom. The van der Waals surface area contributed by atoms with Gasteiger partial charge in [-0.25, -0.2) is 9.59 Å². The molecule has 2 aliphatic heterocycles. The third-order valence-corrected chi connectivity index (χ3v) is 6.59. The first-order valence-corrected chi connectivity index (χ1v) is 9.06. The first kappa shape index (κ1) is 18.6. The van der Waals surface area contributed by atoms with Gasteiger partial charge < -0.3 is 29.5 Å². The molecule has 8 nitrogen and oxygen atoms in total. The summed E-state index contributed by atoms with van der Waals surface area (Å²) >= 11 is 0. The fourth-order valence-electron chi connectivity index (χ4n) is 4.79. The van der Waals surface area contributed by atoms with E-state index in [-0.39, 0.29) is 30.9 Å². The summed E-state index contributed by atoms with van der Waals surface area (Å²) in [7, 11) is 0. The van der Waals surface area contributed by atoms with Crippen molar-refractivity contribution in [3.8, 4) is 0 Å². The molecule has 8 heteroatoms. The van der Waals surface area contributed by atoms with Crippen molar-refractivity contribution < 1.29 is 39.1 Å². The Balaban J connectivity index is 1.72. The number of hydrogen-bond donors (Lipinski definition) is 3. The zero-order valence-corrected chi connectivity index (χ0v) is 15.1. The van der Waals surface area contributed by atoms with E-state index in [1.165, 1.54) is 0 Å². The molecule has 2 saturated carbocycles. The molecule has 4 aliphatic rings. The summed E-state index contributed by atoms with van der Waals surface area (Å²) in [6.45, 7) is 9.06. The Morgan fingerprint density at radius 1 is 1.41 bits per heavy atom. The maximum Gasteiger partial charge on any atom is 0.340 e. The molecule has 27 heavy (non-hydrogen) atoms. The van der Waals surface area contributed by atoms with Crippen molar-refractivity contribution in [1.82, 2.24) is 0 Å². The fourth-order valence-corrected chi connectivity index (χ4v) is 4.79. The number of esters is 2. The predicted octanol–water partition coefficient (Wildman–Crippen LogP) is -0.535. The van der Waals surface area contributed by atoms with E-state index in [0.29, 0.717) is 5.57 Å². The molecule has 148 valence electrons. The second-order valence-electron chi connectivity index (χ2n) is 8.28. The highest BCUT2D eigenvalue weighted by Crippen LogP contribution is 2.54. The summed E-state index contributed by atoms with van der Waals surface area (Å²) in [5, 5.41) is 31.1. The van der Waals surface area contributed by atoms with Crippen LogP contribution in [0.5, 0.6) is 0 Å². The summed E-state index contributed by atoms with van der Waals surface area (Å²) in [5.74, 6) is -3.02. The van der Waals surface area contributed by atoms with Crippen LogP contribution in [0, 0.1) is 17.8 Å². The fraction of sp³-hybridized carbons (Fsp3) is 0.684. The average molecular weight is 380 g/mol. The molecular weight excluding hydrogens is 356 g/mol. The second kappa shape index (κ2) is 5.88. The maximum absolute atomic E-state index is 12.4. The van der Waals surface area contributed by atoms with Gasteiger partial charge in [-0.2, -0.15) is 0 Å². The van der Waals surface area contributed by atoms with Crippen molar-refractivity contribution in [2.75, 3.05) is 13.2 Å². The summed E-state index contributed by atoms with van der Waals surface area (Å²) in [6, 6.07) is 0. The van der Waals surface area contributed by atoms with E-state index in [1.54, 1.807) is 6.92 Å². The van der Waals surface area contributed by atoms with Crippen molar-refractivity contribution in [3.05, 3.63) is 24.3 Å². The van der Waals surface area contributed by atoms with E-state index in [0.717, 1.165) is 0 Å². The van der Waals surface area contributed by atoms with E-state index >= 15 is 0 Å².